The molecule has 0 radical (unpaired) electrons. The topological polar surface area (TPSA) is 84.5 Å². The third-order valence-electron chi connectivity index (χ3n) is 5.53. The molecule has 3 heterocycles. The van der Waals surface area contributed by atoms with Gasteiger partial charge in [0.1, 0.15) is 12.4 Å². The number of amides is 1. The van der Waals surface area contributed by atoms with E-state index in [1.807, 2.05) is 19.1 Å². The highest BCUT2D eigenvalue weighted by Crippen LogP contribution is 2.23. The molecule has 4 aromatic rings. The molecular formula is C23H21FN6O2. The third-order valence-corrected chi connectivity index (χ3v) is 5.53. The monoisotopic (exact) mass is 432 g/mol. The molecule has 1 N–H and O–H groups in total. The summed E-state index contributed by atoms with van der Waals surface area (Å²) in [6.07, 6.45) is 0.848. The first-order valence-corrected chi connectivity index (χ1v) is 10.3. The number of halogens is 1. The number of nitrogens with zero attached hydrogens (tertiary/aromatic N) is 5. The Labute approximate surface area is 182 Å². The number of fused-ring (bicyclic) bond motifs is 2. The van der Waals surface area contributed by atoms with Crippen LogP contribution in [0.5, 0.6) is 0 Å². The van der Waals surface area contributed by atoms with Gasteiger partial charge in [-0.1, -0.05) is 36.4 Å². The number of hydrogen-bond donors (Lipinski definition) is 1. The highest BCUT2D eigenvalue weighted by Gasteiger charge is 2.23. The predicted molar refractivity (Wildman–Crippen MR) is 118 cm³/mol. The second kappa shape index (κ2) is 7.92. The Morgan fingerprint density at radius 1 is 1.12 bits per heavy atom. The molecule has 32 heavy (non-hydrogen) atoms. The van der Waals surface area contributed by atoms with Crippen molar-refractivity contribution in [3.63, 3.8) is 0 Å². The van der Waals surface area contributed by atoms with E-state index < -0.39 is 17.4 Å². The standard InChI is InChI=1S/C23H21FN6O2/c1-15-12-20-27-29(14-21(31)26-19-9-5-4-8-18(19)24)23(32)30(20)22(25-15)28-11-10-16-6-2-3-7-17(16)13-28/h2-9,12H,10-11,13-14H2,1H3,(H,26,31). The molecule has 0 fully saturated rings. The number of para-hydroxylation sites is 1. The van der Waals surface area contributed by atoms with Crippen LogP contribution in [0.15, 0.2) is 59.4 Å². The molecule has 0 saturated heterocycles. The van der Waals surface area contributed by atoms with Crippen molar-refractivity contribution in [1.29, 1.82) is 0 Å². The summed E-state index contributed by atoms with van der Waals surface area (Å²) in [5, 5.41) is 6.80. The summed E-state index contributed by atoms with van der Waals surface area (Å²) < 4.78 is 16.3. The Bertz CT molecular complexity index is 1390. The fraction of sp³-hybridized carbons (Fsp3) is 0.217. The van der Waals surface area contributed by atoms with Crippen LogP contribution < -0.4 is 15.9 Å². The van der Waals surface area contributed by atoms with Gasteiger partial charge in [0.25, 0.3) is 0 Å². The largest absolute Gasteiger partial charge is 0.353 e. The molecule has 162 valence electrons. The zero-order valence-electron chi connectivity index (χ0n) is 17.5. The SMILES string of the molecule is Cc1cc2nn(CC(=O)Nc3ccccc3F)c(=O)n2c(N2CCc3ccccc3C2)n1. The average molecular weight is 432 g/mol. The molecule has 1 aliphatic heterocycles. The maximum absolute atomic E-state index is 13.8. The van der Waals surface area contributed by atoms with E-state index in [1.165, 1.54) is 33.7 Å². The summed E-state index contributed by atoms with van der Waals surface area (Å²) in [4.78, 5) is 32.3. The van der Waals surface area contributed by atoms with Crippen LogP contribution >= 0.6 is 0 Å². The fourth-order valence-corrected chi connectivity index (χ4v) is 4.00. The third kappa shape index (κ3) is 3.62. The van der Waals surface area contributed by atoms with Gasteiger partial charge in [-0.05, 0) is 36.6 Å². The fourth-order valence-electron chi connectivity index (χ4n) is 4.00. The number of anilines is 2. The van der Waals surface area contributed by atoms with Gasteiger partial charge in [0, 0.05) is 24.8 Å². The maximum Gasteiger partial charge on any atom is 0.353 e. The van der Waals surface area contributed by atoms with Crippen molar-refractivity contribution >= 4 is 23.2 Å². The highest BCUT2D eigenvalue weighted by atomic mass is 19.1. The summed E-state index contributed by atoms with van der Waals surface area (Å²) in [5.74, 6) is -0.588. The molecule has 8 nitrogen and oxygen atoms in total. The Morgan fingerprint density at radius 3 is 2.69 bits per heavy atom. The quantitative estimate of drug-likeness (QED) is 0.536. The van der Waals surface area contributed by atoms with Crippen LogP contribution in [-0.4, -0.2) is 31.6 Å². The number of carbonyl (C=O) groups excluding carboxylic acids is 1. The molecule has 0 unspecified atom stereocenters. The summed E-state index contributed by atoms with van der Waals surface area (Å²) in [6, 6.07) is 15.8. The molecule has 0 aliphatic carbocycles. The number of hydrogen-bond acceptors (Lipinski definition) is 5. The smallest absolute Gasteiger partial charge is 0.337 e. The van der Waals surface area contributed by atoms with Crippen LogP contribution in [0, 0.1) is 12.7 Å². The van der Waals surface area contributed by atoms with E-state index in [0.29, 0.717) is 24.7 Å². The van der Waals surface area contributed by atoms with E-state index in [1.54, 1.807) is 12.1 Å². The molecule has 2 aromatic heterocycles. The number of aromatic nitrogens is 4. The van der Waals surface area contributed by atoms with Crippen molar-refractivity contribution in [2.24, 2.45) is 0 Å². The van der Waals surface area contributed by atoms with Gasteiger partial charge >= 0.3 is 5.69 Å². The molecule has 1 aliphatic rings. The first-order valence-electron chi connectivity index (χ1n) is 10.3. The maximum atomic E-state index is 13.8. The molecular weight excluding hydrogens is 411 g/mol. The Morgan fingerprint density at radius 2 is 1.88 bits per heavy atom. The van der Waals surface area contributed by atoms with Gasteiger partial charge in [0.15, 0.2) is 5.65 Å². The van der Waals surface area contributed by atoms with Crippen molar-refractivity contribution in [2.45, 2.75) is 26.4 Å². The molecule has 0 bridgehead atoms. The number of carbonyl (C=O) groups is 1. The van der Waals surface area contributed by atoms with E-state index >= 15 is 0 Å². The first-order chi connectivity index (χ1) is 15.5. The average Bonchev–Trinajstić information content (AvgIpc) is 3.09. The minimum atomic E-state index is -0.546. The highest BCUT2D eigenvalue weighted by molar-refractivity contribution is 5.90. The van der Waals surface area contributed by atoms with Crippen LogP contribution in [0.25, 0.3) is 5.65 Å². The van der Waals surface area contributed by atoms with E-state index in [0.717, 1.165) is 16.8 Å². The predicted octanol–water partition coefficient (Wildman–Crippen LogP) is 2.54. The summed E-state index contributed by atoms with van der Waals surface area (Å²) in [6.45, 7) is 2.85. The van der Waals surface area contributed by atoms with Gasteiger partial charge in [-0.25, -0.2) is 23.3 Å². The normalized spacial score (nSPS) is 13.2. The van der Waals surface area contributed by atoms with E-state index in [2.05, 4.69) is 32.4 Å². The van der Waals surface area contributed by atoms with Gasteiger partial charge in [-0.3, -0.25) is 4.79 Å². The zero-order chi connectivity index (χ0) is 22.2. The number of aryl methyl sites for hydroxylation is 1. The van der Waals surface area contributed by atoms with Gasteiger partial charge in [-0.15, -0.1) is 5.10 Å². The second-order valence-corrected chi connectivity index (χ2v) is 7.80. The molecule has 5 rings (SSSR count). The Kier molecular flexibility index (Phi) is 4.93. The van der Waals surface area contributed by atoms with Gasteiger partial charge in [0.05, 0.1) is 5.69 Å². The summed E-state index contributed by atoms with van der Waals surface area (Å²) >= 11 is 0. The van der Waals surface area contributed by atoms with Gasteiger partial charge in [-0.2, -0.15) is 0 Å². The minimum absolute atomic E-state index is 0.0551. The van der Waals surface area contributed by atoms with E-state index in [4.69, 9.17) is 0 Å². The van der Waals surface area contributed by atoms with Crippen LogP contribution in [0.1, 0.15) is 16.8 Å². The molecule has 0 spiro atoms. The van der Waals surface area contributed by atoms with Crippen LogP contribution in [-0.2, 0) is 24.3 Å². The zero-order valence-corrected chi connectivity index (χ0v) is 17.5. The minimum Gasteiger partial charge on any atom is -0.337 e. The van der Waals surface area contributed by atoms with Crippen LogP contribution in [0.3, 0.4) is 0 Å². The number of rotatable bonds is 4. The van der Waals surface area contributed by atoms with E-state index in [9.17, 15) is 14.0 Å². The lowest BCUT2D eigenvalue weighted by Gasteiger charge is -2.29. The number of benzene rings is 2. The molecule has 2 aromatic carbocycles. The molecule has 0 atom stereocenters. The molecule has 0 saturated carbocycles. The van der Waals surface area contributed by atoms with Gasteiger partial charge < -0.3 is 10.2 Å². The van der Waals surface area contributed by atoms with Crippen molar-refractivity contribution < 1.29 is 9.18 Å². The number of nitrogens with one attached hydrogen (secondary N) is 1. The molecule has 1 amide bonds. The first kappa shape index (κ1) is 19.9. The van der Waals surface area contributed by atoms with Crippen LogP contribution in [0.2, 0.25) is 0 Å². The second-order valence-electron chi connectivity index (χ2n) is 7.80. The Hall–Kier alpha value is -4.01. The summed E-state index contributed by atoms with van der Waals surface area (Å²) in [7, 11) is 0. The van der Waals surface area contributed by atoms with Gasteiger partial charge in [0.2, 0.25) is 11.9 Å². The summed E-state index contributed by atoms with van der Waals surface area (Å²) in [5.41, 5.74) is 3.21. The van der Waals surface area contributed by atoms with Crippen molar-refractivity contribution in [3.05, 3.63) is 87.7 Å². The lowest BCUT2D eigenvalue weighted by molar-refractivity contribution is -0.117. The lowest BCUT2D eigenvalue weighted by atomic mass is 10.0. The van der Waals surface area contributed by atoms with Crippen LogP contribution in [0.4, 0.5) is 16.0 Å². The van der Waals surface area contributed by atoms with E-state index in [-0.39, 0.29) is 12.2 Å². The van der Waals surface area contributed by atoms with Crippen molar-refractivity contribution in [2.75, 3.05) is 16.8 Å². The molecule has 9 heteroatoms. The van der Waals surface area contributed by atoms with Crippen molar-refractivity contribution in [3.8, 4) is 0 Å². The lowest BCUT2D eigenvalue weighted by Crippen LogP contribution is -2.35. The Balaban J connectivity index is 1.47. The van der Waals surface area contributed by atoms with Crippen molar-refractivity contribution in [1.82, 2.24) is 19.2 Å².